The number of carbonyl (C=O) groups is 1. The van der Waals surface area contributed by atoms with Crippen LogP contribution in [0.4, 0.5) is 0 Å². The first-order chi connectivity index (χ1) is 7.00. The van der Waals surface area contributed by atoms with E-state index < -0.39 is 11.5 Å². The van der Waals surface area contributed by atoms with Gasteiger partial charge in [-0.05, 0) is 26.7 Å². The summed E-state index contributed by atoms with van der Waals surface area (Å²) in [5, 5.41) is 9.28. The van der Waals surface area contributed by atoms with Crippen LogP contribution in [-0.2, 0) is 9.53 Å². The Bertz CT molecular complexity index is 232. The average molecular weight is 215 g/mol. The lowest BCUT2D eigenvalue weighted by Gasteiger charge is -2.37. The molecule has 1 fully saturated rings. The maximum absolute atomic E-state index is 11.3. The highest BCUT2D eigenvalue weighted by Crippen LogP contribution is 2.22. The monoisotopic (exact) mass is 215 g/mol. The molecule has 0 aromatic heterocycles. The number of ether oxygens (including phenoxy) is 1. The molecule has 0 aromatic rings. The van der Waals surface area contributed by atoms with Crippen LogP contribution in [0.1, 0.15) is 33.6 Å². The van der Waals surface area contributed by atoms with Crippen LogP contribution >= 0.6 is 0 Å². The van der Waals surface area contributed by atoms with E-state index in [1.54, 1.807) is 6.92 Å². The van der Waals surface area contributed by atoms with E-state index in [0.29, 0.717) is 13.0 Å². The van der Waals surface area contributed by atoms with Crippen molar-refractivity contribution < 1.29 is 14.6 Å². The normalized spacial score (nSPS) is 28.1. The molecule has 4 nitrogen and oxygen atoms in total. The van der Waals surface area contributed by atoms with Gasteiger partial charge in [0, 0.05) is 19.7 Å². The van der Waals surface area contributed by atoms with Gasteiger partial charge >= 0.3 is 5.97 Å². The molecule has 1 saturated heterocycles. The second-order valence-corrected chi connectivity index (χ2v) is 4.41. The quantitative estimate of drug-likeness (QED) is 0.772. The predicted molar refractivity (Wildman–Crippen MR) is 57.9 cm³/mol. The van der Waals surface area contributed by atoms with Gasteiger partial charge in [-0.3, -0.25) is 9.69 Å². The fourth-order valence-electron chi connectivity index (χ4n) is 1.95. The van der Waals surface area contributed by atoms with E-state index in [4.69, 9.17) is 4.74 Å². The van der Waals surface area contributed by atoms with Gasteiger partial charge in [-0.15, -0.1) is 0 Å². The Labute approximate surface area is 91.2 Å². The number of hydrogen-bond donors (Lipinski definition) is 1. The summed E-state index contributed by atoms with van der Waals surface area (Å²) >= 11 is 0. The van der Waals surface area contributed by atoms with Gasteiger partial charge < -0.3 is 9.84 Å². The van der Waals surface area contributed by atoms with Gasteiger partial charge in [-0.2, -0.15) is 0 Å². The summed E-state index contributed by atoms with van der Waals surface area (Å²) in [5.74, 6) is -0.737. The van der Waals surface area contributed by atoms with Crippen LogP contribution in [0.2, 0.25) is 0 Å². The first kappa shape index (κ1) is 12.5. The third-order valence-electron chi connectivity index (χ3n) is 3.30. The van der Waals surface area contributed by atoms with Crippen LogP contribution in [0.25, 0.3) is 0 Å². The molecule has 1 rings (SSSR count). The third kappa shape index (κ3) is 2.69. The Hall–Kier alpha value is -0.610. The van der Waals surface area contributed by atoms with E-state index in [1.165, 1.54) is 0 Å². The van der Waals surface area contributed by atoms with E-state index >= 15 is 0 Å². The number of hydrogen-bond acceptors (Lipinski definition) is 3. The maximum atomic E-state index is 11.3. The van der Waals surface area contributed by atoms with Gasteiger partial charge in [0.05, 0.1) is 6.10 Å². The Morgan fingerprint density at radius 2 is 2.33 bits per heavy atom. The van der Waals surface area contributed by atoms with Crippen molar-refractivity contribution in [3.05, 3.63) is 0 Å². The molecule has 1 aliphatic rings. The van der Waals surface area contributed by atoms with Crippen LogP contribution in [0.5, 0.6) is 0 Å². The van der Waals surface area contributed by atoms with E-state index in [0.717, 1.165) is 19.6 Å². The standard InChI is InChI=1S/C11H21NO3/c1-4-11(3,10(13)14)12-6-5-7-15-9(2)8-12/h9H,4-8H2,1-3H3,(H,13,14). The van der Waals surface area contributed by atoms with Gasteiger partial charge in [0.15, 0.2) is 0 Å². The molecule has 2 atom stereocenters. The molecule has 1 N–H and O–H groups in total. The molecular formula is C11H21NO3. The van der Waals surface area contributed by atoms with Crippen molar-refractivity contribution in [1.29, 1.82) is 0 Å². The molecule has 0 amide bonds. The minimum absolute atomic E-state index is 0.123. The zero-order chi connectivity index (χ0) is 11.5. The van der Waals surface area contributed by atoms with Gasteiger partial charge in [-0.1, -0.05) is 6.92 Å². The maximum Gasteiger partial charge on any atom is 0.323 e. The molecular weight excluding hydrogens is 194 g/mol. The van der Waals surface area contributed by atoms with Crippen molar-refractivity contribution in [2.75, 3.05) is 19.7 Å². The highest BCUT2D eigenvalue weighted by Gasteiger charge is 2.38. The number of rotatable bonds is 3. The van der Waals surface area contributed by atoms with E-state index in [-0.39, 0.29) is 6.10 Å². The highest BCUT2D eigenvalue weighted by atomic mass is 16.5. The summed E-state index contributed by atoms with van der Waals surface area (Å²) < 4.78 is 5.52. The number of nitrogens with zero attached hydrogens (tertiary/aromatic N) is 1. The summed E-state index contributed by atoms with van der Waals surface area (Å²) in [6, 6.07) is 0. The molecule has 2 unspecified atom stereocenters. The molecule has 4 heteroatoms. The zero-order valence-electron chi connectivity index (χ0n) is 9.82. The third-order valence-corrected chi connectivity index (χ3v) is 3.30. The zero-order valence-corrected chi connectivity index (χ0v) is 9.82. The van der Waals surface area contributed by atoms with Gasteiger partial charge in [0.1, 0.15) is 5.54 Å². The molecule has 1 heterocycles. The van der Waals surface area contributed by atoms with Gasteiger partial charge in [0.2, 0.25) is 0 Å². The Kier molecular flexibility index (Phi) is 4.11. The molecule has 15 heavy (non-hydrogen) atoms. The van der Waals surface area contributed by atoms with Crippen LogP contribution in [-0.4, -0.2) is 47.3 Å². The molecule has 0 aliphatic carbocycles. The minimum atomic E-state index is -0.748. The lowest BCUT2D eigenvalue weighted by Crippen LogP contribution is -2.53. The molecule has 1 aliphatic heterocycles. The highest BCUT2D eigenvalue weighted by molar-refractivity contribution is 5.78. The SMILES string of the molecule is CCC(C)(C(=O)O)N1CCCOC(C)C1. The van der Waals surface area contributed by atoms with Gasteiger partial charge in [-0.25, -0.2) is 0 Å². The minimum Gasteiger partial charge on any atom is -0.480 e. The predicted octanol–water partition coefficient (Wildman–Crippen LogP) is 1.35. The average Bonchev–Trinajstić information content (AvgIpc) is 2.41. The van der Waals surface area contributed by atoms with E-state index in [9.17, 15) is 9.90 Å². The van der Waals surface area contributed by atoms with Crippen LogP contribution < -0.4 is 0 Å². The molecule has 0 radical (unpaired) electrons. The Morgan fingerprint density at radius 3 is 2.87 bits per heavy atom. The summed E-state index contributed by atoms with van der Waals surface area (Å²) in [6.07, 6.45) is 1.65. The summed E-state index contributed by atoms with van der Waals surface area (Å²) in [4.78, 5) is 13.3. The first-order valence-corrected chi connectivity index (χ1v) is 5.60. The number of carboxylic acid groups (broad SMARTS) is 1. The molecule has 0 aromatic carbocycles. The Morgan fingerprint density at radius 1 is 1.67 bits per heavy atom. The van der Waals surface area contributed by atoms with Crippen molar-refractivity contribution in [3.63, 3.8) is 0 Å². The van der Waals surface area contributed by atoms with Crippen LogP contribution in [0.15, 0.2) is 0 Å². The van der Waals surface area contributed by atoms with Crippen molar-refractivity contribution in [2.24, 2.45) is 0 Å². The van der Waals surface area contributed by atoms with Crippen LogP contribution in [0, 0.1) is 0 Å². The topological polar surface area (TPSA) is 49.8 Å². The second-order valence-electron chi connectivity index (χ2n) is 4.41. The molecule has 0 bridgehead atoms. The Balaban J connectivity index is 2.78. The summed E-state index contributed by atoms with van der Waals surface area (Å²) in [5.41, 5.74) is -0.748. The van der Waals surface area contributed by atoms with E-state index in [2.05, 4.69) is 0 Å². The van der Waals surface area contributed by atoms with Gasteiger partial charge in [0.25, 0.3) is 0 Å². The van der Waals surface area contributed by atoms with Crippen molar-refractivity contribution in [1.82, 2.24) is 4.90 Å². The fraction of sp³-hybridized carbons (Fsp3) is 0.909. The molecule has 0 spiro atoms. The van der Waals surface area contributed by atoms with Crippen molar-refractivity contribution in [3.8, 4) is 0 Å². The van der Waals surface area contributed by atoms with Crippen molar-refractivity contribution in [2.45, 2.75) is 45.3 Å². The van der Waals surface area contributed by atoms with E-state index in [1.807, 2.05) is 18.7 Å². The smallest absolute Gasteiger partial charge is 0.323 e. The number of carboxylic acids is 1. The largest absolute Gasteiger partial charge is 0.480 e. The lowest BCUT2D eigenvalue weighted by molar-refractivity contribution is -0.151. The second kappa shape index (κ2) is 4.94. The summed E-state index contributed by atoms with van der Waals surface area (Å²) in [6.45, 7) is 7.96. The van der Waals surface area contributed by atoms with Crippen LogP contribution in [0.3, 0.4) is 0 Å². The summed E-state index contributed by atoms with van der Waals surface area (Å²) in [7, 11) is 0. The molecule has 88 valence electrons. The number of aliphatic carboxylic acids is 1. The van der Waals surface area contributed by atoms with Crippen molar-refractivity contribution >= 4 is 5.97 Å². The lowest BCUT2D eigenvalue weighted by atomic mass is 9.96. The fourth-order valence-corrected chi connectivity index (χ4v) is 1.95. The molecule has 0 saturated carbocycles. The first-order valence-electron chi connectivity index (χ1n) is 5.60.